The highest BCUT2D eigenvalue weighted by Crippen LogP contribution is 2.05. The smallest absolute Gasteiger partial charge is 0.327 e. The van der Waals surface area contributed by atoms with Crippen molar-refractivity contribution in [1.82, 2.24) is 16.0 Å². The van der Waals surface area contributed by atoms with Crippen LogP contribution in [0.5, 0.6) is 0 Å². The van der Waals surface area contributed by atoms with E-state index in [0.29, 0.717) is 25.8 Å². The van der Waals surface area contributed by atoms with Crippen molar-refractivity contribution in [2.45, 2.75) is 70.6 Å². The predicted octanol–water partition coefficient (Wildman–Crippen LogP) is -1.02. The van der Waals surface area contributed by atoms with Gasteiger partial charge in [0.1, 0.15) is 18.1 Å². The molecule has 4 atom stereocenters. The number of aliphatic carboxylic acids is 1. The van der Waals surface area contributed by atoms with Crippen molar-refractivity contribution in [3.05, 3.63) is 0 Å². The molecule has 0 spiro atoms. The fourth-order valence-electron chi connectivity index (χ4n) is 2.52. The van der Waals surface area contributed by atoms with Gasteiger partial charge in [-0.1, -0.05) is 13.8 Å². The molecule has 0 aromatic heterocycles. The Morgan fingerprint density at radius 1 is 0.931 bits per heavy atom. The molecule has 29 heavy (non-hydrogen) atoms. The van der Waals surface area contributed by atoms with Crippen LogP contribution in [0.3, 0.4) is 0 Å². The average molecular weight is 434 g/mol. The summed E-state index contributed by atoms with van der Waals surface area (Å²) in [6, 6.07) is -3.78. The van der Waals surface area contributed by atoms with Gasteiger partial charge in [0.2, 0.25) is 17.7 Å². The van der Waals surface area contributed by atoms with Crippen molar-refractivity contribution < 1.29 is 24.3 Å². The molecule has 168 valence electrons. The first-order chi connectivity index (χ1) is 13.5. The SMILES string of the molecule is CC(C)CC(N)C(=O)NC(C)C(=O)NC(CCCCN)C(=O)NC(CS)C(=O)O. The predicted molar refractivity (Wildman–Crippen MR) is 113 cm³/mol. The molecule has 3 amide bonds. The molecule has 0 rings (SSSR count). The molecule has 0 fully saturated rings. The van der Waals surface area contributed by atoms with Crippen molar-refractivity contribution in [2.75, 3.05) is 12.3 Å². The maximum Gasteiger partial charge on any atom is 0.327 e. The van der Waals surface area contributed by atoms with Crippen LogP contribution in [-0.4, -0.2) is 65.3 Å². The first-order valence-corrected chi connectivity index (χ1v) is 10.4. The fraction of sp³-hybridized carbons (Fsp3) is 0.778. The summed E-state index contributed by atoms with van der Waals surface area (Å²) in [5.41, 5.74) is 11.3. The second-order valence-electron chi connectivity index (χ2n) is 7.39. The number of carbonyl (C=O) groups excluding carboxylic acids is 3. The fourth-order valence-corrected chi connectivity index (χ4v) is 2.76. The highest BCUT2D eigenvalue weighted by atomic mass is 32.1. The number of carboxylic acids is 1. The number of hydrogen-bond donors (Lipinski definition) is 7. The van der Waals surface area contributed by atoms with Crippen LogP contribution in [-0.2, 0) is 19.2 Å². The van der Waals surface area contributed by atoms with E-state index in [2.05, 4.69) is 28.6 Å². The van der Waals surface area contributed by atoms with Gasteiger partial charge in [0.15, 0.2) is 0 Å². The van der Waals surface area contributed by atoms with Crippen LogP contribution < -0.4 is 27.4 Å². The van der Waals surface area contributed by atoms with E-state index >= 15 is 0 Å². The molecule has 0 bridgehead atoms. The number of carbonyl (C=O) groups is 4. The third-order valence-corrected chi connectivity index (χ3v) is 4.56. The maximum absolute atomic E-state index is 12.5. The Labute approximate surface area is 177 Å². The van der Waals surface area contributed by atoms with Crippen LogP contribution in [0.15, 0.2) is 0 Å². The molecule has 0 saturated heterocycles. The summed E-state index contributed by atoms with van der Waals surface area (Å²) in [4.78, 5) is 48.1. The van der Waals surface area contributed by atoms with E-state index in [0.717, 1.165) is 0 Å². The van der Waals surface area contributed by atoms with E-state index in [1.54, 1.807) is 0 Å². The molecule has 11 heteroatoms. The lowest BCUT2D eigenvalue weighted by molar-refractivity contribution is -0.141. The van der Waals surface area contributed by atoms with E-state index < -0.39 is 47.9 Å². The lowest BCUT2D eigenvalue weighted by Gasteiger charge is -2.23. The molecular weight excluding hydrogens is 398 g/mol. The van der Waals surface area contributed by atoms with Crippen LogP contribution in [0.2, 0.25) is 0 Å². The largest absolute Gasteiger partial charge is 0.480 e. The number of hydrogen-bond acceptors (Lipinski definition) is 7. The quantitative estimate of drug-likeness (QED) is 0.135. The van der Waals surface area contributed by atoms with Crippen molar-refractivity contribution in [2.24, 2.45) is 17.4 Å². The van der Waals surface area contributed by atoms with Gasteiger partial charge >= 0.3 is 5.97 Å². The summed E-state index contributed by atoms with van der Waals surface area (Å²) < 4.78 is 0. The molecule has 0 aromatic rings. The third kappa shape index (κ3) is 11.1. The average Bonchev–Trinajstić information content (AvgIpc) is 2.63. The number of nitrogens with two attached hydrogens (primary N) is 2. The van der Waals surface area contributed by atoms with E-state index in [4.69, 9.17) is 16.6 Å². The Balaban J connectivity index is 4.98. The zero-order valence-corrected chi connectivity index (χ0v) is 18.2. The van der Waals surface area contributed by atoms with E-state index in [1.165, 1.54) is 6.92 Å². The highest BCUT2D eigenvalue weighted by Gasteiger charge is 2.28. The van der Waals surface area contributed by atoms with Gasteiger partial charge in [0.25, 0.3) is 0 Å². The van der Waals surface area contributed by atoms with Crippen molar-refractivity contribution in [3.63, 3.8) is 0 Å². The molecule has 0 radical (unpaired) electrons. The van der Waals surface area contributed by atoms with Gasteiger partial charge in [-0.25, -0.2) is 4.79 Å². The van der Waals surface area contributed by atoms with E-state index in [-0.39, 0.29) is 18.1 Å². The van der Waals surface area contributed by atoms with Crippen LogP contribution in [0, 0.1) is 5.92 Å². The highest BCUT2D eigenvalue weighted by molar-refractivity contribution is 7.80. The number of rotatable bonds is 14. The van der Waals surface area contributed by atoms with Gasteiger partial charge in [-0.15, -0.1) is 0 Å². The van der Waals surface area contributed by atoms with Gasteiger partial charge < -0.3 is 32.5 Å². The van der Waals surface area contributed by atoms with Gasteiger partial charge in [-0.2, -0.15) is 12.6 Å². The molecule has 0 aliphatic rings. The topological polar surface area (TPSA) is 177 Å². The van der Waals surface area contributed by atoms with Gasteiger partial charge in [-0.3, -0.25) is 14.4 Å². The Morgan fingerprint density at radius 2 is 1.52 bits per heavy atom. The molecule has 0 saturated carbocycles. The van der Waals surface area contributed by atoms with Crippen molar-refractivity contribution in [3.8, 4) is 0 Å². The lowest BCUT2D eigenvalue weighted by atomic mass is 10.0. The molecule has 8 N–H and O–H groups in total. The first kappa shape index (κ1) is 27.1. The molecular formula is C18H35N5O5S. The zero-order valence-electron chi connectivity index (χ0n) is 17.3. The van der Waals surface area contributed by atoms with Gasteiger partial charge in [0.05, 0.1) is 6.04 Å². The number of thiol groups is 1. The van der Waals surface area contributed by atoms with Crippen LogP contribution >= 0.6 is 12.6 Å². The second kappa shape index (κ2) is 14.2. The monoisotopic (exact) mass is 433 g/mol. The molecule has 0 aliphatic heterocycles. The minimum Gasteiger partial charge on any atom is -0.480 e. The summed E-state index contributed by atoms with van der Waals surface area (Å²) in [5, 5.41) is 16.5. The summed E-state index contributed by atoms with van der Waals surface area (Å²) in [6.45, 7) is 5.78. The van der Waals surface area contributed by atoms with Crippen LogP contribution in [0.4, 0.5) is 0 Å². The first-order valence-electron chi connectivity index (χ1n) is 9.73. The third-order valence-electron chi connectivity index (χ3n) is 4.19. The van der Waals surface area contributed by atoms with Crippen molar-refractivity contribution in [1.29, 1.82) is 0 Å². The van der Waals surface area contributed by atoms with E-state index in [9.17, 15) is 19.2 Å². The van der Waals surface area contributed by atoms with Crippen LogP contribution in [0.1, 0.15) is 46.5 Å². The number of amides is 3. The molecule has 4 unspecified atom stereocenters. The zero-order chi connectivity index (χ0) is 22.6. The second-order valence-corrected chi connectivity index (χ2v) is 7.76. The molecule has 0 aromatic carbocycles. The summed E-state index contributed by atoms with van der Waals surface area (Å²) in [7, 11) is 0. The van der Waals surface area contributed by atoms with Crippen molar-refractivity contribution >= 4 is 36.3 Å². The normalized spacial score (nSPS) is 15.1. The maximum atomic E-state index is 12.5. The lowest BCUT2D eigenvalue weighted by Crippen LogP contribution is -2.56. The Kier molecular flexibility index (Phi) is 13.3. The number of nitrogens with one attached hydrogen (secondary N) is 3. The minimum atomic E-state index is -1.22. The summed E-state index contributed by atoms with van der Waals surface area (Å²) >= 11 is 3.91. The molecule has 0 heterocycles. The molecule has 10 nitrogen and oxygen atoms in total. The van der Waals surface area contributed by atoms with Gasteiger partial charge in [0, 0.05) is 5.75 Å². The Bertz CT molecular complexity index is 561. The molecule has 0 aliphatic carbocycles. The van der Waals surface area contributed by atoms with E-state index in [1.807, 2.05) is 13.8 Å². The van der Waals surface area contributed by atoms with Gasteiger partial charge in [-0.05, 0) is 45.1 Å². The Morgan fingerprint density at radius 3 is 2.00 bits per heavy atom. The summed E-state index contributed by atoms with van der Waals surface area (Å²) in [6.07, 6.45) is 1.96. The number of carboxylic acid groups (broad SMARTS) is 1. The number of unbranched alkanes of at least 4 members (excludes halogenated alkanes) is 1. The standard InChI is InChI=1S/C18H35N5O5S/c1-10(2)8-12(20)16(25)21-11(3)15(24)22-13(6-4-5-7-19)17(26)23-14(9-29)18(27)28/h10-14,29H,4-9,19-20H2,1-3H3,(H,21,25)(H,22,24)(H,23,26)(H,27,28). The minimum absolute atomic E-state index is 0.0925. The van der Waals surface area contributed by atoms with Crippen LogP contribution in [0.25, 0.3) is 0 Å². The Hall–Kier alpha value is -1.85. The summed E-state index contributed by atoms with van der Waals surface area (Å²) in [5.74, 6) is -2.74.